The molecule has 0 aliphatic carbocycles. The summed E-state index contributed by atoms with van der Waals surface area (Å²) in [7, 11) is -3.75. The predicted octanol–water partition coefficient (Wildman–Crippen LogP) is 2.34. The standard InChI is InChI=1S/C21H25ClFN3O4S/c22-17-4-2-6-19(14-17)31(28,29)25-8-7-21(27)24-15-20(26-9-11-30-12-10-26)16-3-1-5-18(23)13-16/h1-6,13-14,20,25H,7-12,15H2,(H,24,27). The average Bonchev–Trinajstić information content (AvgIpc) is 2.75. The third-order valence-electron chi connectivity index (χ3n) is 4.96. The zero-order chi connectivity index (χ0) is 22.3. The minimum absolute atomic E-state index is 0.0290. The lowest BCUT2D eigenvalue weighted by Gasteiger charge is -2.35. The second-order valence-electron chi connectivity index (χ2n) is 7.13. The van der Waals surface area contributed by atoms with Gasteiger partial charge in [0.25, 0.3) is 0 Å². The molecular weight excluding hydrogens is 445 g/mol. The van der Waals surface area contributed by atoms with Gasteiger partial charge in [-0.1, -0.05) is 29.8 Å². The first-order chi connectivity index (χ1) is 14.8. The van der Waals surface area contributed by atoms with Gasteiger partial charge in [0.05, 0.1) is 24.2 Å². The van der Waals surface area contributed by atoms with E-state index in [0.717, 1.165) is 5.56 Å². The van der Waals surface area contributed by atoms with E-state index in [1.807, 2.05) is 6.07 Å². The normalized spacial score (nSPS) is 16.1. The highest BCUT2D eigenvalue weighted by Crippen LogP contribution is 2.22. The first kappa shape index (κ1) is 23.6. The summed E-state index contributed by atoms with van der Waals surface area (Å²) < 4.78 is 46.1. The third kappa shape index (κ3) is 6.98. The molecule has 1 heterocycles. The number of benzene rings is 2. The molecule has 1 fully saturated rings. The summed E-state index contributed by atoms with van der Waals surface area (Å²) >= 11 is 5.84. The number of sulfonamides is 1. The van der Waals surface area contributed by atoms with Crippen LogP contribution >= 0.6 is 11.6 Å². The van der Waals surface area contributed by atoms with Crippen LogP contribution in [0, 0.1) is 5.82 Å². The second kappa shape index (κ2) is 11.0. The van der Waals surface area contributed by atoms with Crippen LogP contribution in [0.3, 0.4) is 0 Å². The Hall–Kier alpha value is -2.04. The molecule has 1 unspecified atom stereocenters. The smallest absolute Gasteiger partial charge is 0.240 e. The van der Waals surface area contributed by atoms with Crippen LogP contribution in [-0.4, -0.2) is 58.6 Å². The van der Waals surface area contributed by atoms with Crippen molar-refractivity contribution < 1.29 is 22.3 Å². The van der Waals surface area contributed by atoms with Crippen molar-refractivity contribution in [3.8, 4) is 0 Å². The number of nitrogens with zero attached hydrogens (tertiary/aromatic N) is 1. The fraction of sp³-hybridized carbons (Fsp3) is 0.381. The zero-order valence-electron chi connectivity index (χ0n) is 16.9. The van der Waals surface area contributed by atoms with Gasteiger partial charge < -0.3 is 10.1 Å². The molecule has 2 N–H and O–H groups in total. The first-order valence-corrected chi connectivity index (χ1v) is 11.8. The van der Waals surface area contributed by atoms with Crippen LogP contribution < -0.4 is 10.0 Å². The van der Waals surface area contributed by atoms with E-state index >= 15 is 0 Å². The van der Waals surface area contributed by atoms with Crippen LogP contribution in [-0.2, 0) is 19.6 Å². The molecule has 10 heteroatoms. The number of hydrogen-bond donors (Lipinski definition) is 2. The van der Waals surface area contributed by atoms with Crippen LogP contribution in [0.5, 0.6) is 0 Å². The van der Waals surface area contributed by atoms with Crippen molar-refractivity contribution in [2.45, 2.75) is 17.4 Å². The van der Waals surface area contributed by atoms with E-state index in [0.29, 0.717) is 31.3 Å². The van der Waals surface area contributed by atoms with Gasteiger partial charge in [-0.05, 0) is 35.9 Å². The van der Waals surface area contributed by atoms with Crippen LogP contribution in [0.1, 0.15) is 18.0 Å². The van der Waals surface area contributed by atoms with Gasteiger partial charge in [0.15, 0.2) is 0 Å². The van der Waals surface area contributed by atoms with Gasteiger partial charge in [-0.25, -0.2) is 17.5 Å². The van der Waals surface area contributed by atoms with E-state index in [1.165, 1.54) is 24.3 Å². The van der Waals surface area contributed by atoms with E-state index in [-0.39, 0.29) is 42.2 Å². The molecule has 7 nitrogen and oxygen atoms in total. The van der Waals surface area contributed by atoms with Crippen molar-refractivity contribution in [3.05, 3.63) is 64.9 Å². The summed E-state index contributed by atoms with van der Waals surface area (Å²) in [6, 6.07) is 12.0. The Morgan fingerprint density at radius 2 is 1.90 bits per heavy atom. The van der Waals surface area contributed by atoms with Crippen molar-refractivity contribution in [1.82, 2.24) is 14.9 Å². The Labute approximate surface area is 186 Å². The third-order valence-corrected chi connectivity index (χ3v) is 6.66. The number of amides is 1. The summed E-state index contributed by atoms with van der Waals surface area (Å²) in [6.07, 6.45) is -0.0290. The van der Waals surface area contributed by atoms with E-state index in [2.05, 4.69) is 14.9 Å². The van der Waals surface area contributed by atoms with Gasteiger partial charge in [0, 0.05) is 37.6 Å². The Morgan fingerprint density at radius 1 is 1.16 bits per heavy atom. The number of rotatable bonds is 9. The molecule has 0 radical (unpaired) electrons. The number of nitrogens with one attached hydrogen (secondary N) is 2. The molecule has 168 valence electrons. The molecule has 0 saturated carbocycles. The molecule has 0 bridgehead atoms. The van der Waals surface area contributed by atoms with E-state index in [4.69, 9.17) is 16.3 Å². The van der Waals surface area contributed by atoms with Crippen molar-refractivity contribution >= 4 is 27.5 Å². The number of morpholine rings is 1. The molecule has 2 aromatic carbocycles. The van der Waals surface area contributed by atoms with Crippen molar-refractivity contribution in [1.29, 1.82) is 0 Å². The lowest BCUT2D eigenvalue weighted by atomic mass is 10.0. The molecule has 2 aromatic rings. The van der Waals surface area contributed by atoms with Crippen LogP contribution in [0.2, 0.25) is 5.02 Å². The number of ether oxygens (including phenoxy) is 1. The predicted molar refractivity (Wildman–Crippen MR) is 116 cm³/mol. The number of carbonyl (C=O) groups is 1. The largest absolute Gasteiger partial charge is 0.379 e. The van der Waals surface area contributed by atoms with E-state index in [1.54, 1.807) is 18.2 Å². The molecule has 0 aromatic heterocycles. The highest BCUT2D eigenvalue weighted by atomic mass is 35.5. The lowest BCUT2D eigenvalue weighted by molar-refractivity contribution is -0.121. The minimum Gasteiger partial charge on any atom is -0.379 e. The van der Waals surface area contributed by atoms with Gasteiger partial charge in [0.1, 0.15) is 5.82 Å². The Bertz CT molecular complexity index is 1000. The van der Waals surface area contributed by atoms with Crippen LogP contribution in [0.15, 0.2) is 53.4 Å². The molecule has 1 amide bonds. The van der Waals surface area contributed by atoms with Gasteiger partial charge in [-0.3, -0.25) is 9.69 Å². The van der Waals surface area contributed by atoms with Gasteiger partial charge in [-0.15, -0.1) is 0 Å². The molecule has 31 heavy (non-hydrogen) atoms. The number of halogens is 2. The molecule has 0 spiro atoms. The van der Waals surface area contributed by atoms with Gasteiger partial charge in [0.2, 0.25) is 15.9 Å². The number of hydrogen-bond acceptors (Lipinski definition) is 5. The fourth-order valence-corrected chi connectivity index (χ4v) is 4.71. The van der Waals surface area contributed by atoms with Crippen molar-refractivity contribution in [2.75, 3.05) is 39.4 Å². The van der Waals surface area contributed by atoms with Gasteiger partial charge in [-0.2, -0.15) is 0 Å². The minimum atomic E-state index is -3.75. The first-order valence-electron chi connectivity index (χ1n) is 9.94. The molecular formula is C21H25ClFN3O4S. The summed E-state index contributed by atoms with van der Waals surface area (Å²) in [5.74, 6) is -0.638. The summed E-state index contributed by atoms with van der Waals surface area (Å²) in [4.78, 5) is 14.5. The quantitative estimate of drug-likeness (QED) is 0.588. The van der Waals surface area contributed by atoms with E-state index < -0.39 is 10.0 Å². The van der Waals surface area contributed by atoms with Crippen molar-refractivity contribution in [2.24, 2.45) is 0 Å². The van der Waals surface area contributed by atoms with E-state index in [9.17, 15) is 17.6 Å². The maximum atomic E-state index is 13.7. The summed E-state index contributed by atoms with van der Waals surface area (Å²) in [5, 5.41) is 3.15. The molecule has 1 atom stereocenters. The lowest BCUT2D eigenvalue weighted by Crippen LogP contribution is -2.44. The van der Waals surface area contributed by atoms with Crippen LogP contribution in [0.4, 0.5) is 4.39 Å². The Balaban J connectivity index is 1.54. The maximum Gasteiger partial charge on any atom is 0.240 e. The molecule has 1 aliphatic heterocycles. The topological polar surface area (TPSA) is 87.7 Å². The monoisotopic (exact) mass is 469 g/mol. The Kier molecular flexibility index (Phi) is 8.39. The molecule has 3 rings (SSSR count). The Morgan fingerprint density at radius 3 is 2.61 bits per heavy atom. The highest BCUT2D eigenvalue weighted by Gasteiger charge is 2.23. The van der Waals surface area contributed by atoms with Crippen molar-refractivity contribution in [3.63, 3.8) is 0 Å². The SMILES string of the molecule is O=C(CCNS(=O)(=O)c1cccc(Cl)c1)NCC(c1cccc(F)c1)N1CCOCC1. The van der Waals surface area contributed by atoms with Gasteiger partial charge >= 0.3 is 0 Å². The number of carbonyl (C=O) groups excluding carboxylic acids is 1. The average molecular weight is 470 g/mol. The maximum absolute atomic E-state index is 13.7. The second-order valence-corrected chi connectivity index (χ2v) is 9.33. The van der Waals surface area contributed by atoms with Crippen LogP contribution in [0.25, 0.3) is 0 Å². The summed E-state index contributed by atoms with van der Waals surface area (Å²) in [5.41, 5.74) is 0.767. The fourth-order valence-electron chi connectivity index (χ4n) is 3.38. The zero-order valence-corrected chi connectivity index (χ0v) is 18.5. The summed E-state index contributed by atoms with van der Waals surface area (Å²) in [6.45, 7) is 2.73. The molecule has 1 saturated heterocycles. The molecule has 1 aliphatic rings. The highest BCUT2D eigenvalue weighted by molar-refractivity contribution is 7.89.